The van der Waals surface area contributed by atoms with Crippen LogP contribution in [-0.2, 0) is 11.3 Å². The van der Waals surface area contributed by atoms with Crippen molar-refractivity contribution in [3.8, 4) is 11.4 Å². The average molecular weight is 374 g/mol. The van der Waals surface area contributed by atoms with E-state index >= 15 is 0 Å². The molecule has 26 heavy (non-hydrogen) atoms. The van der Waals surface area contributed by atoms with Crippen molar-refractivity contribution in [3.63, 3.8) is 0 Å². The summed E-state index contributed by atoms with van der Waals surface area (Å²) in [6, 6.07) is 7.93. The van der Waals surface area contributed by atoms with Crippen LogP contribution in [0.2, 0.25) is 0 Å². The fraction of sp³-hybridized carbons (Fsp3) is 0.278. The van der Waals surface area contributed by atoms with Crippen LogP contribution in [0.15, 0.2) is 46.2 Å². The average Bonchev–Trinajstić information content (AvgIpc) is 3.21. The molecule has 3 aromatic rings. The quantitative estimate of drug-likeness (QED) is 0.630. The molecule has 0 radical (unpaired) electrons. The Morgan fingerprint density at radius 1 is 1.31 bits per heavy atom. The zero-order chi connectivity index (χ0) is 18.5. The van der Waals surface area contributed by atoms with Crippen LogP contribution in [0.5, 0.6) is 0 Å². The lowest BCUT2D eigenvalue weighted by atomic mass is 10.2. The van der Waals surface area contributed by atoms with Gasteiger partial charge in [-0.15, -0.1) is 10.2 Å². The van der Waals surface area contributed by atoms with Gasteiger partial charge in [-0.3, -0.25) is 4.79 Å². The van der Waals surface area contributed by atoms with Gasteiger partial charge >= 0.3 is 0 Å². The number of carbonyl (C=O) groups excluding carboxylic acids is 1. The molecule has 0 saturated heterocycles. The number of aryl methyl sites for hydroxylation is 1. The first-order chi connectivity index (χ1) is 12.6. The van der Waals surface area contributed by atoms with Gasteiger partial charge in [0.05, 0.1) is 23.3 Å². The number of amides is 1. The second-order valence-corrected chi connectivity index (χ2v) is 6.61. The van der Waals surface area contributed by atoms with E-state index in [0.29, 0.717) is 5.16 Å². The van der Waals surface area contributed by atoms with E-state index in [1.165, 1.54) is 23.9 Å². The number of rotatable bonds is 7. The Kier molecular flexibility index (Phi) is 5.72. The van der Waals surface area contributed by atoms with Gasteiger partial charge in [0, 0.05) is 6.54 Å². The third-order valence-electron chi connectivity index (χ3n) is 3.74. The predicted octanol–water partition coefficient (Wildman–Crippen LogP) is 4.13. The number of para-hydroxylation sites is 1. The molecule has 0 fully saturated rings. The fourth-order valence-corrected chi connectivity index (χ4v) is 3.28. The van der Waals surface area contributed by atoms with Crippen LogP contribution in [0, 0.1) is 12.7 Å². The van der Waals surface area contributed by atoms with Gasteiger partial charge in [-0.2, -0.15) is 0 Å². The van der Waals surface area contributed by atoms with Crippen LogP contribution in [-0.4, -0.2) is 26.4 Å². The Bertz CT molecular complexity index is 906. The van der Waals surface area contributed by atoms with E-state index in [1.54, 1.807) is 18.4 Å². The van der Waals surface area contributed by atoms with Crippen LogP contribution in [0.3, 0.4) is 0 Å². The summed E-state index contributed by atoms with van der Waals surface area (Å²) in [5.41, 5.74) is 1.05. The maximum Gasteiger partial charge on any atom is 0.234 e. The highest BCUT2D eigenvalue weighted by Crippen LogP contribution is 2.27. The van der Waals surface area contributed by atoms with E-state index in [0.717, 1.165) is 30.1 Å². The highest BCUT2D eigenvalue weighted by molar-refractivity contribution is 7.99. The molecule has 0 bridgehead atoms. The summed E-state index contributed by atoms with van der Waals surface area (Å²) in [7, 11) is 0. The molecule has 6 nitrogen and oxygen atoms in total. The first-order valence-corrected chi connectivity index (χ1v) is 9.23. The molecule has 1 amide bonds. The van der Waals surface area contributed by atoms with Crippen molar-refractivity contribution in [2.24, 2.45) is 0 Å². The van der Waals surface area contributed by atoms with E-state index in [4.69, 9.17) is 4.42 Å². The van der Waals surface area contributed by atoms with E-state index in [-0.39, 0.29) is 17.3 Å². The second-order valence-electron chi connectivity index (χ2n) is 5.66. The second kappa shape index (κ2) is 8.18. The summed E-state index contributed by atoms with van der Waals surface area (Å²) in [4.78, 5) is 12.1. The third kappa shape index (κ3) is 3.96. The van der Waals surface area contributed by atoms with E-state index in [1.807, 2.05) is 17.6 Å². The Morgan fingerprint density at radius 2 is 2.12 bits per heavy atom. The topological polar surface area (TPSA) is 73.0 Å². The van der Waals surface area contributed by atoms with Gasteiger partial charge in [0.1, 0.15) is 11.6 Å². The van der Waals surface area contributed by atoms with Crippen molar-refractivity contribution in [2.75, 3.05) is 11.1 Å². The Labute approximate surface area is 154 Å². The van der Waals surface area contributed by atoms with Crippen LogP contribution < -0.4 is 5.32 Å². The minimum Gasteiger partial charge on any atom is -0.469 e. The number of hydrogen-bond acceptors (Lipinski definition) is 5. The zero-order valence-corrected chi connectivity index (χ0v) is 15.3. The molecule has 136 valence electrons. The summed E-state index contributed by atoms with van der Waals surface area (Å²) in [5, 5.41) is 11.7. The monoisotopic (exact) mass is 374 g/mol. The van der Waals surface area contributed by atoms with Gasteiger partial charge in [0.25, 0.3) is 0 Å². The number of halogens is 1. The summed E-state index contributed by atoms with van der Waals surface area (Å²) >= 11 is 1.27. The number of nitrogens with zero attached hydrogens (tertiary/aromatic N) is 3. The first kappa shape index (κ1) is 18.2. The van der Waals surface area contributed by atoms with Crippen LogP contribution >= 0.6 is 11.8 Å². The van der Waals surface area contributed by atoms with Gasteiger partial charge in [-0.05, 0) is 31.5 Å². The molecule has 3 rings (SSSR count). The molecule has 8 heteroatoms. The Balaban J connectivity index is 1.72. The van der Waals surface area contributed by atoms with Gasteiger partial charge in [0.2, 0.25) is 5.91 Å². The SMILES string of the molecule is CCCn1c(SCC(=O)Nc2ccccc2F)nnc1-c1ccoc1C. The molecular weight excluding hydrogens is 355 g/mol. The maximum absolute atomic E-state index is 13.6. The van der Waals surface area contributed by atoms with Crippen molar-refractivity contribution in [3.05, 3.63) is 48.2 Å². The molecule has 0 unspecified atom stereocenters. The zero-order valence-electron chi connectivity index (χ0n) is 14.5. The normalized spacial score (nSPS) is 10.9. The molecule has 2 aromatic heterocycles. The van der Waals surface area contributed by atoms with Gasteiger partial charge < -0.3 is 14.3 Å². The number of furan rings is 1. The van der Waals surface area contributed by atoms with Crippen LogP contribution in [0.1, 0.15) is 19.1 Å². The highest BCUT2D eigenvalue weighted by Gasteiger charge is 2.18. The van der Waals surface area contributed by atoms with Crippen molar-refractivity contribution in [1.82, 2.24) is 14.8 Å². The van der Waals surface area contributed by atoms with Gasteiger partial charge in [-0.25, -0.2) is 4.39 Å². The smallest absolute Gasteiger partial charge is 0.234 e. The molecule has 0 aliphatic heterocycles. The molecule has 2 heterocycles. The third-order valence-corrected chi connectivity index (χ3v) is 4.71. The standard InChI is InChI=1S/C18H19FN4O2S/c1-3-9-23-17(13-8-10-25-12(13)2)21-22-18(23)26-11-16(24)20-15-7-5-4-6-14(15)19/h4-8,10H,3,9,11H2,1-2H3,(H,20,24). The Hall–Kier alpha value is -2.61. The van der Waals surface area contributed by atoms with Crippen LogP contribution in [0.25, 0.3) is 11.4 Å². The number of benzene rings is 1. The molecule has 0 aliphatic rings. The van der Waals surface area contributed by atoms with Crippen molar-refractivity contribution < 1.29 is 13.6 Å². The lowest BCUT2D eigenvalue weighted by molar-refractivity contribution is -0.113. The van der Waals surface area contributed by atoms with Crippen molar-refractivity contribution in [2.45, 2.75) is 32.0 Å². The van der Waals surface area contributed by atoms with E-state index in [2.05, 4.69) is 22.4 Å². The number of anilines is 1. The number of thioether (sulfide) groups is 1. The molecule has 0 spiro atoms. The number of hydrogen-bond donors (Lipinski definition) is 1. The predicted molar refractivity (Wildman–Crippen MR) is 98.5 cm³/mol. The van der Waals surface area contributed by atoms with Crippen molar-refractivity contribution >= 4 is 23.4 Å². The number of nitrogens with one attached hydrogen (secondary N) is 1. The van der Waals surface area contributed by atoms with Gasteiger partial charge in [-0.1, -0.05) is 30.8 Å². The molecule has 0 aliphatic carbocycles. The fourth-order valence-electron chi connectivity index (χ4n) is 2.52. The first-order valence-electron chi connectivity index (χ1n) is 8.25. The maximum atomic E-state index is 13.6. The summed E-state index contributed by atoms with van der Waals surface area (Å²) in [6.45, 7) is 4.66. The molecule has 0 saturated carbocycles. The Morgan fingerprint density at radius 3 is 2.81 bits per heavy atom. The lowest BCUT2D eigenvalue weighted by Crippen LogP contribution is -2.15. The summed E-state index contributed by atoms with van der Waals surface area (Å²) < 4.78 is 20.9. The van der Waals surface area contributed by atoms with E-state index in [9.17, 15) is 9.18 Å². The molecule has 1 N–H and O–H groups in total. The molecular formula is C18H19FN4O2S. The summed E-state index contributed by atoms with van der Waals surface area (Å²) in [5.74, 6) is 0.837. The molecule has 1 aromatic carbocycles. The number of carbonyl (C=O) groups is 1. The van der Waals surface area contributed by atoms with Gasteiger partial charge in [0.15, 0.2) is 11.0 Å². The van der Waals surface area contributed by atoms with E-state index < -0.39 is 5.82 Å². The van der Waals surface area contributed by atoms with Crippen molar-refractivity contribution in [1.29, 1.82) is 0 Å². The highest BCUT2D eigenvalue weighted by atomic mass is 32.2. The largest absolute Gasteiger partial charge is 0.469 e. The van der Waals surface area contributed by atoms with Crippen LogP contribution in [0.4, 0.5) is 10.1 Å². The summed E-state index contributed by atoms with van der Waals surface area (Å²) in [6.07, 6.45) is 2.52. The minimum absolute atomic E-state index is 0.112. The minimum atomic E-state index is -0.460. The molecule has 0 atom stereocenters. The number of aromatic nitrogens is 3. The lowest BCUT2D eigenvalue weighted by Gasteiger charge is -2.09.